The van der Waals surface area contributed by atoms with E-state index < -0.39 is 12.1 Å². The van der Waals surface area contributed by atoms with Crippen LogP contribution in [-0.2, 0) is 10.2 Å². The number of aliphatic hydroxyl groups is 1. The fourth-order valence-electron chi connectivity index (χ4n) is 3.14. The summed E-state index contributed by atoms with van der Waals surface area (Å²) in [6.45, 7) is 4.92. The zero-order chi connectivity index (χ0) is 21.7. The van der Waals surface area contributed by atoms with Gasteiger partial charge in [0.05, 0.1) is 18.4 Å². The topological polar surface area (TPSA) is 85.2 Å². The van der Waals surface area contributed by atoms with Gasteiger partial charge in [0.2, 0.25) is 0 Å². The molecular formula is C24H24O6. The number of rotatable bonds is 6. The van der Waals surface area contributed by atoms with Gasteiger partial charge in [-0.25, -0.2) is 4.79 Å². The van der Waals surface area contributed by atoms with E-state index in [0.717, 1.165) is 5.56 Å². The SMILES string of the molecule is COCCOc1cc(C(O)C#Cc2ccc(C(=O)O)cc2)cc2c1C(C)(C)C=CO2. The monoisotopic (exact) mass is 408 g/mol. The molecule has 1 atom stereocenters. The molecule has 30 heavy (non-hydrogen) atoms. The van der Waals surface area contributed by atoms with Gasteiger partial charge in [-0.15, -0.1) is 0 Å². The van der Waals surface area contributed by atoms with E-state index in [1.165, 1.54) is 12.1 Å². The van der Waals surface area contributed by atoms with Gasteiger partial charge in [0, 0.05) is 23.7 Å². The Morgan fingerprint density at radius 3 is 2.60 bits per heavy atom. The Bertz CT molecular complexity index is 1010. The van der Waals surface area contributed by atoms with Crippen LogP contribution in [0.4, 0.5) is 0 Å². The van der Waals surface area contributed by atoms with Crippen molar-refractivity contribution >= 4 is 5.97 Å². The van der Waals surface area contributed by atoms with E-state index in [1.54, 1.807) is 37.6 Å². The molecule has 1 heterocycles. The quantitative estimate of drug-likeness (QED) is 0.560. The number of hydrogen-bond donors (Lipinski definition) is 2. The summed E-state index contributed by atoms with van der Waals surface area (Å²) in [5, 5.41) is 19.6. The molecule has 0 aliphatic carbocycles. The molecule has 2 N–H and O–H groups in total. The highest BCUT2D eigenvalue weighted by Crippen LogP contribution is 2.44. The third kappa shape index (κ3) is 4.82. The third-order valence-corrected chi connectivity index (χ3v) is 4.76. The van der Waals surface area contributed by atoms with Crippen LogP contribution in [0.3, 0.4) is 0 Å². The van der Waals surface area contributed by atoms with Crippen LogP contribution in [0.15, 0.2) is 48.7 Å². The van der Waals surface area contributed by atoms with E-state index in [-0.39, 0.29) is 11.0 Å². The first-order chi connectivity index (χ1) is 14.3. The molecule has 0 amide bonds. The lowest BCUT2D eigenvalue weighted by Gasteiger charge is -2.30. The predicted octanol–water partition coefficient (Wildman–Crippen LogP) is 3.68. The van der Waals surface area contributed by atoms with E-state index in [9.17, 15) is 9.90 Å². The number of fused-ring (bicyclic) bond motifs is 1. The maximum atomic E-state index is 10.9. The maximum absolute atomic E-state index is 10.9. The van der Waals surface area contributed by atoms with Gasteiger partial charge in [0.1, 0.15) is 24.2 Å². The van der Waals surface area contributed by atoms with E-state index in [4.69, 9.17) is 19.3 Å². The minimum absolute atomic E-state index is 0.182. The first-order valence-electron chi connectivity index (χ1n) is 9.49. The standard InChI is InChI=1S/C24H24O6/c1-24(2)10-11-29-20-14-18(15-21(22(20)24)30-13-12-28-3)19(25)9-6-16-4-7-17(8-5-16)23(26)27/h4-5,7-8,10-11,14-15,19,25H,12-13H2,1-3H3,(H,26,27). The number of benzene rings is 2. The van der Waals surface area contributed by atoms with E-state index in [0.29, 0.717) is 35.8 Å². The van der Waals surface area contributed by atoms with Crippen LogP contribution in [-0.4, -0.2) is 36.5 Å². The lowest BCUT2D eigenvalue weighted by Crippen LogP contribution is -2.21. The number of aromatic carboxylic acids is 1. The van der Waals surface area contributed by atoms with Crippen molar-refractivity contribution in [1.29, 1.82) is 0 Å². The number of carboxylic acid groups (broad SMARTS) is 1. The fourth-order valence-corrected chi connectivity index (χ4v) is 3.14. The van der Waals surface area contributed by atoms with Gasteiger partial charge in [-0.3, -0.25) is 0 Å². The average molecular weight is 408 g/mol. The van der Waals surface area contributed by atoms with Gasteiger partial charge in [0.25, 0.3) is 0 Å². The van der Waals surface area contributed by atoms with E-state index in [2.05, 4.69) is 25.7 Å². The Morgan fingerprint density at radius 1 is 1.20 bits per heavy atom. The minimum Gasteiger partial charge on any atom is -0.491 e. The summed E-state index contributed by atoms with van der Waals surface area (Å²) in [7, 11) is 1.60. The molecule has 0 saturated carbocycles. The molecule has 2 aromatic carbocycles. The molecule has 0 saturated heterocycles. The molecule has 1 unspecified atom stereocenters. The summed E-state index contributed by atoms with van der Waals surface area (Å²) in [4.78, 5) is 10.9. The summed E-state index contributed by atoms with van der Waals surface area (Å²) in [5.74, 6) is 5.88. The van der Waals surface area contributed by atoms with Gasteiger partial charge in [0.15, 0.2) is 0 Å². The Balaban J connectivity index is 1.90. The van der Waals surface area contributed by atoms with Crippen LogP contribution >= 0.6 is 0 Å². The zero-order valence-corrected chi connectivity index (χ0v) is 17.1. The second-order valence-electron chi connectivity index (χ2n) is 7.43. The third-order valence-electron chi connectivity index (χ3n) is 4.76. The molecule has 3 rings (SSSR count). The minimum atomic E-state index is -1.07. The van der Waals surface area contributed by atoms with E-state index >= 15 is 0 Å². The van der Waals surface area contributed by atoms with Crippen LogP contribution in [0.1, 0.15) is 47.0 Å². The van der Waals surface area contributed by atoms with Gasteiger partial charge in [-0.1, -0.05) is 25.7 Å². The summed E-state index contributed by atoms with van der Waals surface area (Å²) in [5.41, 5.74) is 1.93. The molecule has 156 valence electrons. The molecule has 1 aliphatic heterocycles. The smallest absolute Gasteiger partial charge is 0.335 e. The first kappa shape index (κ1) is 21.4. The fraction of sp³-hybridized carbons (Fsp3) is 0.292. The molecule has 0 spiro atoms. The maximum Gasteiger partial charge on any atom is 0.335 e. The summed E-state index contributed by atoms with van der Waals surface area (Å²) in [6, 6.07) is 9.68. The van der Waals surface area contributed by atoms with Crippen LogP contribution in [0.5, 0.6) is 11.5 Å². The van der Waals surface area contributed by atoms with Crippen LogP contribution in [0, 0.1) is 11.8 Å². The van der Waals surface area contributed by atoms with Crippen molar-refractivity contribution in [3.63, 3.8) is 0 Å². The Morgan fingerprint density at radius 2 is 1.93 bits per heavy atom. The Kier molecular flexibility index (Phi) is 6.46. The van der Waals surface area contributed by atoms with Crippen LogP contribution in [0.25, 0.3) is 0 Å². The van der Waals surface area contributed by atoms with E-state index in [1.807, 2.05) is 6.08 Å². The normalized spacial score (nSPS) is 14.7. The van der Waals surface area contributed by atoms with Crippen molar-refractivity contribution in [3.05, 3.63) is 71.0 Å². The largest absolute Gasteiger partial charge is 0.491 e. The number of aliphatic hydroxyl groups excluding tert-OH is 1. The molecule has 0 fully saturated rings. The molecular weight excluding hydrogens is 384 g/mol. The van der Waals surface area contributed by atoms with Crippen molar-refractivity contribution in [2.45, 2.75) is 25.4 Å². The van der Waals surface area contributed by atoms with Crippen molar-refractivity contribution in [1.82, 2.24) is 0 Å². The Labute approximate surface area is 175 Å². The molecule has 0 aromatic heterocycles. The van der Waals surface area contributed by atoms with Crippen molar-refractivity contribution in [2.24, 2.45) is 0 Å². The summed E-state index contributed by atoms with van der Waals surface area (Å²) >= 11 is 0. The second-order valence-corrected chi connectivity index (χ2v) is 7.43. The Hall–Kier alpha value is -3.27. The molecule has 0 bridgehead atoms. The molecule has 1 aliphatic rings. The van der Waals surface area contributed by atoms with Crippen molar-refractivity contribution < 1.29 is 29.2 Å². The van der Waals surface area contributed by atoms with Crippen molar-refractivity contribution in [2.75, 3.05) is 20.3 Å². The summed E-state index contributed by atoms with van der Waals surface area (Å²) < 4.78 is 16.7. The molecule has 0 radical (unpaired) electrons. The number of methoxy groups -OCH3 is 1. The van der Waals surface area contributed by atoms with Crippen molar-refractivity contribution in [3.8, 4) is 23.3 Å². The lowest BCUT2D eigenvalue weighted by molar-refractivity contribution is 0.0697. The molecule has 2 aromatic rings. The molecule has 6 nitrogen and oxygen atoms in total. The summed E-state index contributed by atoms with van der Waals surface area (Å²) in [6.07, 6.45) is 2.51. The van der Waals surface area contributed by atoms with Gasteiger partial charge < -0.3 is 24.4 Å². The molecule has 6 heteroatoms. The number of allylic oxidation sites excluding steroid dienone is 1. The number of carbonyl (C=O) groups is 1. The highest BCUT2D eigenvalue weighted by molar-refractivity contribution is 5.87. The predicted molar refractivity (Wildman–Crippen MR) is 112 cm³/mol. The van der Waals surface area contributed by atoms with Gasteiger partial charge >= 0.3 is 5.97 Å². The highest BCUT2D eigenvalue weighted by Gasteiger charge is 2.30. The van der Waals surface area contributed by atoms with Crippen LogP contribution in [0.2, 0.25) is 0 Å². The number of hydrogen-bond acceptors (Lipinski definition) is 5. The van der Waals surface area contributed by atoms with Gasteiger partial charge in [-0.05, 0) is 48.0 Å². The lowest BCUT2D eigenvalue weighted by atomic mass is 9.81. The first-order valence-corrected chi connectivity index (χ1v) is 9.49. The average Bonchev–Trinajstić information content (AvgIpc) is 2.71. The number of carboxylic acids is 1. The zero-order valence-electron chi connectivity index (χ0n) is 17.1. The van der Waals surface area contributed by atoms with Gasteiger partial charge in [-0.2, -0.15) is 0 Å². The second kappa shape index (κ2) is 9.04. The highest BCUT2D eigenvalue weighted by atomic mass is 16.5. The van der Waals surface area contributed by atoms with Crippen LogP contribution < -0.4 is 9.47 Å². The number of ether oxygens (including phenoxy) is 3.